The number of nitrogens with one attached hydrogen (secondary N) is 2. The maximum absolute atomic E-state index is 11.5. The molecule has 0 spiro atoms. The van der Waals surface area contributed by atoms with Crippen LogP contribution in [0, 0.1) is 0 Å². The number of hydrogen-bond donors (Lipinski definition) is 2. The van der Waals surface area contributed by atoms with Gasteiger partial charge in [0.1, 0.15) is 6.29 Å². The lowest BCUT2D eigenvalue weighted by Crippen LogP contribution is -2.49. The van der Waals surface area contributed by atoms with E-state index in [1.807, 2.05) is 4.90 Å². The Bertz CT molecular complexity index is 294. The zero-order valence-electron chi connectivity index (χ0n) is 10.1. The molecule has 1 atom stereocenters. The number of carbonyl (C=O) groups excluding carboxylic acids is 3. The molecule has 6 nitrogen and oxygen atoms in total. The van der Waals surface area contributed by atoms with Crippen LogP contribution in [0.3, 0.4) is 0 Å². The van der Waals surface area contributed by atoms with Crippen LogP contribution in [0.5, 0.6) is 0 Å². The Kier molecular flexibility index (Phi) is 5.62. The van der Waals surface area contributed by atoms with E-state index in [1.54, 1.807) is 6.92 Å². The third kappa shape index (κ3) is 4.52. The minimum Gasteiger partial charge on any atom is -0.338 e. The van der Waals surface area contributed by atoms with E-state index in [0.717, 1.165) is 32.1 Å². The van der Waals surface area contributed by atoms with Gasteiger partial charge in [-0.15, -0.1) is 0 Å². The molecule has 0 bridgehead atoms. The fraction of sp³-hybridized carbons (Fsp3) is 0.727. The fourth-order valence-electron chi connectivity index (χ4n) is 1.92. The number of piperidine rings is 1. The smallest absolute Gasteiger partial charge is 0.321 e. The molecule has 96 valence electrons. The molecule has 1 saturated heterocycles. The van der Waals surface area contributed by atoms with Crippen molar-refractivity contribution in [1.82, 2.24) is 15.5 Å². The van der Waals surface area contributed by atoms with Gasteiger partial charge in [0.25, 0.3) is 0 Å². The molecule has 3 amide bonds. The van der Waals surface area contributed by atoms with Gasteiger partial charge in [-0.25, -0.2) is 4.79 Å². The number of imide groups is 1. The van der Waals surface area contributed by atoms with Gasteiger partial charge in [-0.2, -0.15) is 0 Å². The summed E-state index contributed by atoms with van der Waals surface area (Å²) >= 11 is 0. The van der Waals surface area contributed by atoms with Gasteiger partial charge in [-0.1, -0.05) is 6.42 Å². The number of rotatable bonds is 4. The summed E-state index contributed by atoms with van der Waals surface area (Å²) in [5, 5.41) is 4.71. The van der Waals surface area contributed by atoms with Crippen LogP contribution in [0.15, 0.2) is 0 Å². The maximum atomic E-state index is 11.5. The van der Waals surface area contributed by atoms with E-state index in [9.17, 15) is 14.4 Å². The van der Waals surface area contributed by atoms with Crippen molar-refractivity contribution >= 4 is 18.2 Å². The molecule has 0 aromatic heterocycles. The first-order valence-electron chi connectivity index (χ1n) is 5.94. The summed E-state index contributed by atoms with van der Waals surface area (Å²) in [5.74, 6) is -0.371. The number of aldehydes is 1. The van der Waals surface area contributed by atoms with Gasteiger partial charge in [0, 0.05) is 6.54 Å². The highest BCUT2D eigenvalue weighted by Crippen LogP contribution is 2.14. The highest BCUT2D eigenvalue weighted by atomic mass is 16.2. The number of likely N-dealkylation sites (tertiary alicyclic amines) is 1. The summed E-state index contributed by atoms with van der Waals surface area (Å²) in [5.41, 5.74) is 0. The maximum Gasteiger partial charge on any atom is 0.321 e. The summed E-state index contributed by atoms with van der Waals surface area (Å²) in [6.07, 6.45) is 3.66. The van der Waals surface area contributed by atoms with Crippen LogP contribution >= 0.6 is 0 Å². The molecular weight excluding hydrogens is 222 g/mol. The topological polar surface area (TPSA) is 78.5 Å². The lowest BCUT2D eigenvalue weighted by atomic mass is 10.0. The van der Waals surface area contributed by atoms with E-state index in [-0.39, 0.29) is 18.5 Å². The Hall–Kier alpha value is -1.43. The fourth-order valence-corrected chi connectivity index (χ4v) is 1.92. The highest BCUT2D eigenvalue weighted by Gasteiger charge is 2.23. The Morgan fingerprint density at radius 2 is 2.18 bits per heavy atom. The first kappa shape index (κ1) is 13.6. The number of urea groups is 1. The molecule has 0 saturated carbocycles. The Morgan fingerprint density at radius 3 is 2.82 bits per heavy atom. The lowest BCUT2D eigenvalue weighted by molar-refractivity contribution is -0.123. The van der Waals surface area contributed by atoms with Gasteiger partial charge in [0.2, 0.25) is 5.91 Å². The summed E-state index contributed by atoms with van der Waals surface area (Å²) in [4.78, 5) is 35.3. The van der Waals surface area contributed by atoms with E-state index in [2.05, 4.69) is 10.6 Å². The molecule has 0 aromatic rings. The van der Waals surface area contributed by atoms with Gasteiger partial charge in [-0.05, 0) is 26.3 Å². The number of hydrogen-bond acceptors (Lipinski definition) is 4. The molecule has 1 aliphatic heterocycles. The zero-order chi connectivity index (χ0) is 12.7. The number of amides is 3. The molecule has 1 aliphatic rings. The van der Waals surface area contributed by atoms with Crippen molar-refractivity contribution in [2.45, 2.75) is 32.2 Å². The average Bonchev–Trinajstić information content (AvgIpc) is 2.29. The van der Waals surface area contributed by atoms with Gasteiger partial charge >= 0.3 is 6.03 Å². The van der Waals surface area contributed by atoms with Crippen molar-refractivity contribution in [2.24, 2.45) is 0 Å². The molecule has 1 rings (SSSR count). The predicted molar refractivity (Wildman–Crippen MR) is 62.5 cm³/mol. The predicted octanol–water partition coefficient (Wildman–Crippen LogP) is -0.114. The van der Waals surface area contributed by atoms with Gasteiger partial charge in [0.05, 0.1) is 12.6 Å². The van der Waals surface area contributed by atoms with E-state index in [1.165, 1.54) is 0 Å². The molecule has 1 unspecified atom stereocenters. The van der Waals surface area contributed by atoms with Crippen LogP contribution in [0.4, 0.5) is 4.79 Å². The van der Waals surface area contributed by atoms with Crippen molar-refractivity contribution in [3.05, 3.63) is 0 Å². The van der Waals surface area contributed by atoms with Crippen molar-refractivity contribution < 1.29 is 14.4 Å². The zero-order valence-corrected chi connectivity index (χ0v) is 10.1. The van der Waals surface area contributed by atoms with E-state index in [4.69, 9.17) is 0 Å². The van der Waals surface area contributed by atoms with E-state index in [0.29, 0.717) is 6.54 Å². The molecule has 1 heterocycles. The van der Waals surface area contributed by atoms with Crippen LogP contribution in [0.2, 0.25) is 0 Å². The summed E-state index contributed by atoms with van der Waals surface area (Å²) in [7, 11) is 0. The molecule has 2 N–H and O–H groups in total. The van der Waals surface area contributed by atoms with E-state index < -0.39 is 6.03 Å². The Labute approximate surface area is 101 Å². The van der Waals surface area contributed by atoms with Crippen LogP contribution < -0.4 is 10.6 Å². The minimum atomic E-state index is -0.489. The molecule has 17 heavy (non-hydrogen) atoms. The Morgan fingerprint density at radius 1 is 1.41 bits per heavy atom. The van der Waals surface area contributed by atoms with Crippen LogP contribution in [-0.4, -0.2) is 48.8 Å². The standard InChI is InChI=1S/C11H19N3O3/c1-2-12-11(17)13-10(16)7-14-6-4-3-5-9(14)8-15/h8-9H,2-7H2,1H3,(H2,12,13,16,17). The van der Waals surface area contributed by atoms with Crippen LogP contribution in [0.25, 0.3) is 0 Å². The van der Waals surface area contributed by atoms with Crippen LogP contribution in [0.1, 0.15) is 26.2 Å². The van der Waals surface area contributed by atoms with E-state index >= 15 is 0 Å². The minimum absolute atomic E-state index is 0.0978. The molecule has 1 fully saturated rings. The second-order valence-corrected chi connectivity index (χ2v) is 4.08. The average molecular weight is 241 g/mol. The van der Waals surface area contributed by atoms with Gasteiger partial charge in [-0.3, -0.25) is 15.0 Å². The summed E-state index contributed by atoms with van der Waals surface area (Å²) in [6, 6.07) is -0.680. The summed E-state index contributed by atoms with van der Waals surface area (Å²) in [6.45, 7) is 3.07. The van der Waals surface area contributed by atoms with Crippen molar-refractivity contribution in [2.75, 3.05) is 19.6 Å². The van der Waals surface area contributed by atoms with Gasteiger partial charge in [0.15, 0.2) is 0 Å². The SMILES string of the molecule is CCNC(=O)NC(=O)CN1CCCCC1C=O. The largest absolute Gasteiger partial charge is 0.338 e. The monoisotopic (exact) mass is 241 g/mol. The second-order valence-electron chi connectivity index (χ2n) is 4.08. The first-order valence-corrected chi connectivity index (χ1v) is 5.94. The Balaban J connectivity index is 2.38. The van der Waals surface area contributed by atoms with Crippen molar-refractivity contribution in [3.63, 3.8) is 0 Å². The number of nitrogens with zero attached hydrogens (tertiary/aromatic N) is 1. The van der Waals surface area contributed by atoms with Crippen molar-refractivity contribution in [3.8, 4) is 0 Å². The third-order valence-corrected chi connectivity index (χ3v) is 2.76. The second kappa shape index (κ2) is 7.01. The molecular formula is C11H19N3O3. The van der Waals surface area contributed by atoms with Crippen LogP contribution in [-0.2, 0) is 9.59 Å². The molecule has 6 heteroatoms. The quantitative estimate of drug-likeness (QED) is 0.673. The molecule has 0 radical (unpaired) electrons. The lowest BCUT2D eigenvalue weighted by Gasteiger charge is -2.31. The number of carbonyl (C=O) groups is 3. The first-order chi connectivity index (χ1) is 8.17. The van der Waals surface area contributed by atoms with Crippen molar-refractivity contribution in [1.29, 1.82) is 0 Å². The third-order valence-electron chi connectivity index (χ3n) is 2.76. The molecule has 0 aromatic carbocycles. The normalized spacial score (nSPS) is 20.6. The van der Waals surface area contributed by atoms with Gasteiger partial charge < -0.3 is 10.1 Å². The summed E-state index contributed by atoms with van der Waals surface area (Å²) < 4.78 is 0. The highest BCUT2D eigenvalue weighted by molar-refractivity contribution is 5.95. The molecule has 0 aliphatic carbocycles.